The molecule has 1 amide bonds. The summed E-state index contributed by atoms with van der Waals surface area (Å²) in [6.07, 6.45) is 0.258. The van der Waals surface area contributed by atoms with Crippen LogP contribution >= 0.6 is 0 Å². The molecule has 0 radical (unpaired) electrons. The number of primary amides is 1. The van der Waals surface area contributed by atoms with Gasteiger partial charge in [0.05, 0.1) is 13.0 Å². The number of ether oxygens (including phenoxy) is 1. The zero-order valence-corrected chi connectivity index (χ0v) is 7.62. The molecule has 70 valence electrons. The molecule has 0 fully saturated rings. The Morgan fingerprint density at radius 3 is 2.77 bits per heavy atom. The van der Waals surface area contributed by atoms with Crippen LogP contribution in [0.5, 0.6) is 5.75 Å². The summed E-state index contributed by atoms with van der Waals surface area (Å²) >= 11 is 0. The van der Waals surface area contributed by atoms with Gasteiger partial charge < -0.3 is 10.5 Å². The highest BCUT2D eigenvalue weighted by Crippen LogP contribution is 2.15. The van der Waals surface area contributed by atoms with Gasteiger partial charge in [-0.15, -0.1) is 0 Å². The van der Waals surface area contributed by atoms with Gasteiger partial charge in [0.15, 0.2) is 0 Å². The van der Waals surface area contributed by atoms with Crippen LogP contribution in [0.4, 0.5) is 0 Å². The highest BCUT2D eigenvalue weighted by molar-refractivity contribution is 5.73. The average molecular weight is 179 g/mol. The third-order valence-corrected chi connectivity index (χ3v) is 1.70. The Bertz CT molecular complexity index is 297. The van der Waals surface area contributed by atoms with Gasteiger partial charge in [0, 0.05) is 0 Å². The molecule has 0 aromatic heterocycles. The van der Waals surface area contributed by atoms with Crippen LogP contribution in [0, 0.1) is 6.92 Å². The van der Waals surface area contributed by atoms with Crippen LogP contribution in [0.2, 0.25) is 0 Å². The summed E-state index contributed by atoms with van der Waals surface area (Å²) in [5.41, 5.74) is 6.04. The lowest BCUT2D eigenvalue weighted by atomic mass is 10.2. The summed E-state index contributed by atoms with van der Waals surface area (Å²) in [7, 11) is 0. The summed E-state index contributed by atoms with van der Waals surface area (Å²) in [5.74, 6) is 0.470. The van der Waals surface area contributed by atoms with Crippen LogP contribution in [0.25, 0.3) is 0 Å². The minimum atomic E-state index is -0.339. The van der Waals surface area contributed by atoms with Gasteiger partial charge in [-0.1, -0.05) is 18.2 Å². The fourth-order valence-electron chi connectivity index (χ4n) is 0.980. The van der Waals surface area contributed by atoms with Crippen LogP contribution in [0.3, 0.4) is 0 Å². The van der Waals surface area contributed by atoms with Gasteiger partial charge in [0.25, 0.3) is 0 Å². The molecule has 3 nitrogen and oxygen atoms in total. The quantitative estimate of drug-likeness (QED) is 0.756. The van der Waals surface area contributed by atoms with Gasteiger partial charge in [0.1, 0.15) is 5.75 Å². The van der Waals surface area contributed by atoms with E-state index in [0.717, 1.165) is 11.3 Å². The van der Waals surface area contributed by atoms with Gasteiger partial charge in [-0.2, -0.15) is 0 Å². The molecule has 0 saturated carbocycles. The monoisotopic (exact) mass is 179 g/mol. The second kappa shape index (κ2) is 4.50. The lowest BCUT2D eigenvalue weighted by Crippen LogP contribution is -2.14. The number of amides is 1. The highest BCUT2D eigenvalue weighted by Gasteiger charge is 1.98. The van der Waals surface area contributed by atoms with E-state index in [1.165, 1.54) is 0 Å². The fourth-order valence-corrected chi connectivity index (χ4v) is 0.980. The number of para-hydroxylation sites is 1. The lowest BCUT2D eigenvalue weighted by molar-refractivity contribution is -0.118. The second-order valence-electron chi connectivity index (χ2n) is 2.83. The highest BCUT2D eigenvalue weighted by atomic mass is 16.5. The summed E-state index contributed by atoms with van der Waals surface area (Å²) in [6.45, 7) is 2.31. The Labute approximate surface area is 77.5 Å². The third-order valence-electron chi connectivity index (χ3n) is 1.70. The van der Waals surface area contributed by atoms with Crippen LogP contribution in [-0.2, 0) is 4.79 Å². The molecule has 0 heterocycles. The third kappa shape index (κ3) is 3.15. The van der Waals surface area contributed by atoms with Gasteiger partial charge in [0.2, 0.25) is 5.91 Å². The van der Waals surface area contributed by atoms with Crippen molar-refractivity contribution in [3.63, 3.8) is 0 Å². The molecule has 2 N–H and O–H groups in total. The van der Waals surface area contributed by atoms with E-state index in [1.807, 2.05) is 31.2 Å². The molecule has 1 aromatic carbocycles. The number of benzene rings is 1. The summed E-state index contributed by atoms with van der Waals surface area (Å²) in [4.78, 5) is 10.4. The number of nitrogens with two attached hydrogens (primary N) is 1. The number of carbonyl (C=O) groups excluding carboxylic acids is 1. The van der Waals surface area contributed by atoms with E-state index in [0.29, 0.717) is 6.61 Å². The molecule has 0 aliphatic carbocycles. The Hall–Kier alpha value is -1.51. The molecule has 0 unspecified atom stereocenters. The topological polar surface area (TPSA) is 52.3 Å². The van der Waals surface area contributed by atoms with E-state index in [1.54, 1.807) is 0 Å². The Balaban J connectivity index is 2.45. The Kier molecular flexibility index (Phi) is 3.31. The first kappa shape index (κ1) is 9.58. The van der Waals surface area contributed by atoms with Gasteiger partial charge in [-0.05, 0) is 18.6 Å². The molecule has 1 rings (SSSR count). The first-order valence-electron chi connectivity index (χ1n) is 4.17. The maximum Gasteiger partial charge on any atom is 0.220 e. The largest absolute Gasteiger partial charge is 0.493 e. The predicted octanol–water partition coefficient (Wildman–Crippen LogP) is 1.25. The van der Waals surface area contributed by atoms with Crippen molar-refractivity contribution in [3.8, 4) is 5.75 Å². The standard InChI is InChI=1S/C10H13NO2/c1-8-4-2-3-5-9(8)13-7-6-10(11)12/h2-5H,6-7H2,1H3,(H2,11,12). The van der Waals surface area contributed by atoms with E-state index in [-0.39, 0.29) is 12.3 Å². The molecule has 0 aliphatic rings. The van der Waals surface area contributed by atoms with Crippen molar-refractivity contribution >= 4 is 5.91 Å². The van der Waals surface area contributed by atoms with Crippen molar-refractivity contribution in [3.05, 3.63) is 29.8 Å². The first-order valence-corrected chi connectivity index (χ1v) is 4.17. The Morgan fingerprint density at radius 2 is 2.15 bits per heavy atom. The molecule has 0 aliphatic heterocycles. The van der Waals surface area contributed by atoms with Gasteiger partial charge in [-0.3, -0.25) is 4.79 Å². The van der Waals surface area contributed by atoms with Crippen LogP contribution in [-0.4, -0.2) is 12.5 Å². The summed E-state index contributed by atoms with van der Waals surface area (Å²) in [6, 6.07) is 7.67. The molecule has 0 spiro atoms. The van der Waals surface area contributed by atoms with Crippen molar-refractivity contribution in [1.82, 2.24) is 0 Å². The van der Waals surface area contributed by atoms with Crippen molar-refractivity contribution in [2.45, 2.75) is 13.3 Å². The van der Waals surface area contributed by atoms with Crippen molar-refractivity contribution in [1.29, 1.82) is 0 Å². The van der Waals surface area contributed by atoms with Gasteiger partial charge in [-0.25, -0.2) is 0 Å². The predicted molar refractivity (Wildman–Crippen MR) is 50.5 cm³/mol. The van der Waals surface area contributed by atoms with E-state index >= 15 is 0 Å². The zero-order valence-electron chi connectivity index (χ0n) is 7.62. The van der Waals surface area contributed by atoms with Crippen molar-refractivity contribution in [2.75, 3.05) is 6.61 Å². The fraction of sp³-hybridized carbons (Fsp3) is 0.300. The summed E-state index contributed by atoms with van der Waals surface area (Å²) < 4.78 is 5.35. The first-order chi connectivity index (χ1) is 6.20. The molecule has 0 atom stereocenters. The van der Waals surface area contributed by atoms with E-state index < -0.39 is 0 Å². The zero-order chi connectivity index (χ0) is 9.68. The van der Waals surface area contributed by atoms with E-state index in [2.05, 4.69) is 0 Å². The number of hydrogen-bond donors (Lipinski definition) is 1. The number of carbonyl (C=O) groups is 1. The molecular weight excluding hydrogens is 166 g/mol. The minimum Gasteiger partial charge on any atom is -0.493 e. The molecule has 0 bridgehead atoms. The van der Waals surface area contributed by atoms with E-state index in [9.17, 15) is 4.79 Å². The maximum absolute atomic E-state index is 10.4. The van der Waals surface area contributed by atoms with Gasteiger partial charge >= 0.3 is 0 Å². The molecular formula is C10H13NO2. The van der Waals surface area contributed by atoms with Crippen LogP contribution < -0.4 is 10.5 Å². The average Bonchev–Trinajstić information content (AvgIpc) is 2.08. The van der Waals surface area contributed by atoms with Crippen molar-refractivity contribution in [2.24, 2.45) is 5.73 Å². The molecule has 0 saturated heterocycles. The van der Waals surface area contributed by atoms with Crippen molar-refractivity contribution < 1.29 is 9.53 Å². The Morgan fingerprint density at radius 1 is 1.46 bits per heavy atom. The molecule has 1 aromatic rings. The lowest BCUT2D eigenvalue weighted by Gasteiger charge is -2.06. The van der Waals surface area contributed by atoms with Crippen LogP contribution in [0.1, 0.15) is 12.0 Å². The smallest absolute Gasteiger partial charge is 0.220 e. The van der Waals surface area contributed by atoms with E-state index in [4.69, 9.17) is 10.5 Å². The maximum atomic E-state index is 10.4. The molecule has 13 heavy (non-hydrogen) atoms. The minimum absolute atomic E-state index is 0.258. The van der Waals surface area contributed by atoms with Crippen LogP contribution in [0.15, 0.2) is 24.3 Å². The summed E-state index contributed by atoms with van der Waals surface area (Å²) in [5, 5.41) is 0. The molecule has 3 heteroatoms. The number of hydrogen-bond acceptors (Lipinski definition) is 2. The number of rotatable bonds is 4. The second-order valence-corrected chi connectivity index (χ2v) is 2.83. The SMILES string of the molecule is Cc1ccccc1OCCC(N)=O. The normalized spacial score (nSPS) is 9.62. The number of aryl methyl sites for hydroxylation is 1.